The maximum atomic E-state index is 10.1. The van der Waals surface area contributed by atoms with Crippen LogP contribution in [-0.4, -0.2) is 65.6 Å². The summed E-state index contributed by atoms with van der Waals surface area (Å²) in [5.41, 5.74) is 2.77. The molecule has 2 heterocycles. The summed E-state index contributed by atoms with van der Waals surface area (Å²) in [7, 11) is 1.66. The lowest BCUT2D eigenvalue weighted by Crippen LogP contribution is -2.52. The van der Waals surface area contributed by atoms with E-state index in [4.69, 9.17) is 9.73 Å². The van der Waals surface area contributed by atoms with Crippen molar-refractivity contribution in [2.45, 2.75) is 13.5 Å². The molecule has 0 radical (unpaired) electrons. The Hall–Kier alpha value is -3.68. The molecular weight excluding hydrogens is 404 g/mol. The molecule has 168 valence electrons. The molecule has 2 aromatic carbocycles. The van der Waals surface area contributed by atoms with Crippen LogP contribution in [0.5, 0.6) is 11.5 Å². The Labute approximate surface area is 188 Å². The van der Waals surface area contributed by atoms with E-state index in [2.05, 4.69) is 27.1 Å². The average Bonchev–Trinajstić information content (AvgIpc) is 3.31. The topological polar surface area (TPSA) is 78.2 Å². The molecule has 32 heavy (non-hydrogen) atoms. The summed E-state index contributed by atoms with van der Waals surface area (Å²) in [6, 6.07) is 17.3. The van der Waals surface area contributed by atoms with Crippen LogP contribution in [-0.2, 0) is 6.54 Å². The highest BCUT2D eigenvalue weighted by molar-refractivity contribution is 5.80. The van der Waals surface area contributed by atoms with Gasteiger partial charge in [0.05, 0.1) is 30.7 Å². The van der Waals surface area contributed by atoms with Crippen molar-refractivity contribution in [2.75, 3.05) is 44.7 Å². The number of guanidine groups is 1. The second kappa shape index (κ2) is 10.1. The van der Waals surface area contributed by atoms with Gasteiger partial charge in [-0.15, -0.1) is 0 Å². The number of ether oxygens (including phenoxy) is 1. The van der Waals surface area contributed by atoms with E-state index >= 15 is 0 Å². The molecule has 2 N–H and O–H groups in total. The van der Waals surface area contributed by atoms with Crippen molar-refractivity contribution in [1.29, 1.82) is 0 Å². The molecule has 0 amide bonds. The zero-order valence-electron chi connectivity index (χ0n) is 18.6. The van der Waals surface area contributed by atoms with E-state index in [1.165, 1.54) is 0 Å². The Morgan fingerprint density at radius 1 is 1.06 bits per heavy atom. The fraction of sp³-hybridized carbons (Fsp3) is 0.333. The van der Waals surface area contributed by atoms with Gasteiger partial charge in [-0.3, -0.25) is 0 Å². The minimum atomic E-state index is 0.328. The summed E-state index contributed by atoms with van der Waals surface area (Å²) in [5.74, 6) is 2.04. The number of phenolic OH excluding ortho intramolecular Hbond substituents is 1. The van der Waals surface area contributed by atoms with Crippen LogP contribution in [0, 0.1) is 0 Å². The molecule has 0 unspecified atom stereocenters. The first-order valence-electron chi connectivity index (χ1n) is 10.9. The summed E-state index contributed by atoms with van der Waals surface area (Å²) in [6.45, 7) is 6.71. The predicted octanol–water partition coefficient (Wildman–Crippen LogP) is 2.87. The first-order valence-corrected chi connectivity index (χ1v) is 10.9. The summed E-state index contributed by atoms with van der Waals surface area (Å²) in [4.78, 5) is 9.30. The summed E-state index contributed by atoms with van der Waals surface area (Å²) in [6.07, 6.45) is 1.95. The Morgan fingerprint density at radius 3 is 2.50 bits per heavy atom. The van der Waals surface area contributed by atoms with E-state index < -0.39 is 0 Å². The van der Waals surface area contributed by atoms with Gasteiger partial charge in [-0.25, -0.2) is 9.67 Å². The van der Waals surface area contributed by atoms with Gasteiger partial charge in [0.2, 0.25) is 0 Å². The number of hydrogen-bond acceptors (Lipinski definition) is 5. The molecule has 1 saturated heterocycles. The molecule has 0 bridgehead atoms. The van der Waals surface area contributed by atoms with Gasteiger partial charge in [0.25, 0.3) is 0 Å². The Morgan fingerprint density at radius 2 is 1.81 bits per heavy atom. The number of aromatic hydroxyl groups is 1. The summed E-state index contributed by atoms with van der Waals surface area (Å²) in [5, 5.41) is 18.2. The smallest absolute Gasteiger partial charge is 0.194 e. The number of nitrogens with one attached hydrogen (secondary N) is 1. The molecule has 1 fully saturated rings. The number of aliphatic imine (C=N–C) groups is 1. The van der Waals surface area contributed by atoms with E-state index in [9.17, 15) is 5.11 Å². The quantitative estimate of drug-likeness (QED) is 0.459. The summed E-state index contributed by atoms with van der Waals surface area (Å²) < 4.78 is 7.07. The van der Waals surface area contributed by atoms with Crippen molar-refractivity contribution < 1.29 is 9.84 Å². The first kappa shape index (κ1) is 21.5. The van der Waals surface area contributed by atoms with E-state index in [0.717, 1.165) is 61.5 Å². The fourth-order valence-corrected chi connectivity index (χ4v) is 3.80. The van der Waals surface area contributed by atoms with Gasteiger partial charge in [-0.2, -0.15) is 5.10 Å². The van der Waals surface area contributed by atoms with Gasteiger partial charge >= 0.3 is 0 Å². The van der Waals surface area contributed by atoms with Crippen molar-refractivity contribution in [3.63, 3.8) is 0 Å². The molecule has 0 spiro atoms. The van der Waals surface area contributed by atoms with Gasteiger partial charge in [0, 0.05) is 38.9 Å². The molecule has 4 rings (SSSR count). The Kier molecular flexibility index (Phi) is 6.79. The molecule has 1 aliphatic rings. The number of methoxy groups -OCH3 is 1. The van der Waals surface area contributed by atoms with Crippen LogP contribution < -0.4 is 15.0 Å². The molecule has 1 aromatic heterocycles. The lowest BCUT2D eigenvalue weighted by Gasteiger charge is -2.37. The lowest BCUT2D eigenvalue weighted by atomic mass is 10.2. The SMILES string of the molecule is CCNC(=NCc1ccn(-c2ccc(OC)cc2)n1)N1CCN(c2ccccc2O)CC1. The number of benzene rings is 2. The van der Waals surface area contributed by atoms with E-state index in [1.807, 2.05) is 59.4 Å². The van der Waals surface area contributed by atoms with Crippen molar-refractivity contribution in [3.8, 4) is 17.2 Å². The number of phenols is 1. The third kappa shape index (κ3) is 4.96. The highest BCUT2D eigenvalue weighted by Crippen LogP contribution is 2.27. The third-order valence-corrected chi connectivity index (χ3v) is 5.51. The molecule has 3 aromatic rings. The van der Waals surface area contributed by atoms with Crippen LogP contribution in [0.15, 0.2) is 65.8 Å². The van der Waals surface area contributed by atoms with E-state index in [1.54, 1.807) is 13.2 Å². The second-order valence-corrected chi connectivity index (χ2v) is 7.58. The van der Waals surface area contributed by atoms with Crippen LogP contribution in [0.3, 0.4) is 0 Å². The molecule has 0 atom stereocenters. The van der Waals surface area contributed by atoms with Crippen LogP contribution in [0.4, 0.5) is 5.69 Å². The number of hydrogen-bond donors (Lipinski definition) is 2. The standard InChI is InChI=1S/C24H30N6O2/c1-3-25-24(29-16-14-28(15-17-29)22-6-4-5-7-23(22)31)26-18-19-12-13-30(27-19)20-8-10-21(32-2)11-9-20/h4-13,31H,3,14-18H2,1-2H3,(H,25,26). The van der Waals surface area contributed by atoms with Crippen LogP contribution in [0.1, 0.15) is 12.6 Å². The third-order valence-electron chi connectivity index (χ3n) is 5.51. The maximum absolute atomic E-state index is 10.1. The highest BCUT2D eigenvalue weighted by Gasteiger charge is 2.21. The van der Waals surface area contributed by atoms with Gasteiger partial charge < -0.3 is 25.0 Å². The molecule has 0 saturated carbocycles. The normalized spacial score (nSPS) is 14.5. The van der Waals surface area contributed by atoms with Crippen molar-refractivity contribution >= 4 is 11.6 Å². The van der Waals surface area contributed by atoms with Crippen molar-refractivity contribution in [2.24, 2.45) is 4.99 Å². The van der Waals surface area contributed by atoms with Gasteiger partial charge in [-0.1, -0.05) is 12.1 Å². The van der Waals surface area contributed by atoms with Gasteiger partial charge in [0.15, 0.2) is 5.96 Å². The first-order chi connectivity index (χ1) is 15.7. The molecular formula is C24H30N6O2. The molecule has 8 heteroatoms. The molecule has 0 aliphatic carbocycles. The number of rotatable bonds is 6. The molecule has 8 nitrogen and oxygen atoms in total. The number of nitrogens with zero attached hydrogens (tertiary/aromatic N) is 5. The summed E-state index contributed by atoms with van der Waals surface area (Å²) >= 11 is 0. The van der Waals surface area contributed by atoms with Crippen LogP contribution >= 0.6 is 0 Å². The largest absolute Gasteiger partial charge is 0.506 e. The van der Waals surface area contributed by atoms with Crippen molar-refractivity contribution in [1.82, 2.24) is 20.0 Å². The Bertz CT molecular complexity index is 1040. The Balaban J connectivity index is 1.39. The van der Waals surface area contributed by atoms with Crippen LogP contribution in [0.25, 0.3) is 5.69 Å². The van der Waals surface area contributed by atoms with Gasteiger partial charge in [-0.05, 0) is 49.4 Å². The number of anilines is 1. The zero-order chi connectivity index (χ0) is 22.3. The predicted molar refractivity (Wildman–Crippen MR) is 127 cm³/mol. The zero-order valence-corrected chi connectivity index (χ0v) is 18.6. The molecule has 1 aliphatic heterocycles. The minimum absolute atomic E-state index is 0.328. The fourth-order valence-electron chi connectivity index (χ4n) is 3.80. The highest BCUT2D eigenvalue weighted by atomic mass is 16.5. The monoisotopic (exact) mass is 434 g/mol. The lowest BCUT2D eigenvalue weighted by molar-refractivity contribution is 0.369. The number of aromatic nitrogens is 2. The second-order valence-electron chi connectivity index (χ2n) is 7.58. The van der Waals surface area contributed by atoms with E-state index in [-0.39, 0.29) is 0 Å². The number of para-hydroxylation sites is 2. The van der Waals surface area contributed by atoms with Crippen LogP contribution in [0.2, 0.25) is 0 Å². The average molecular weight is 435 g/mol. The minimum Gasteiger partial charge on any atom is -0.506 e. The van der Waals surface area contributed by atoms with Crippen molar-refractivity contribution in [3.05, 3.63) is 66.5 Å². The van der Waals surface area contributed by atoms with E-state index in [0.29, 0.717) is 12.3 Å². The number of piperazine rings is 1. The maximum Gasteiger partial charge on any atom is 0.194 e. The van der Waals surface area contributed by atoms with Gasteiger partial charge in [0.1, 0.15) is 11.5 Å².